The summed E-state index contributed by atoms with van der Waals surface area (Å²) in [6, 6.07) is 10.5. The van der Waals surface area contributed by atoms with Gasteiger partial charge in [0.1, 0.15) is 0 Å². The van der Waals surface area contributed by atoms with Crippen LogP contribution in [0.4, 0.5) is 0 Å². The number of nitrogens with one attached hydrogen (secondary N) is 1. The summed E-state index contributed by atoms with van der Waals surface area (Å²) in [6.07, 6.45) is 0. The minimum Gasteiger partial charge on any atom is -0.345 e. The summed E-state index contributed by atoms with van der Waals surface area (Å²) < 4.78 is 0.911. The SMILES string of the molecule is O=C(NCC(=O)c1cccs1)c1ccc(Br)cc1. The quantitative estimate of drug-likeness (QED) is 0.879. The molecule has 1 N–H and O–H groups in total. The monoisotopic (exact) mass is 323 g/mol. The van der Waals surface area contributed by atoms with E-state index in [1.165, 1.54) is 11.3 Å². The third-order valence-electron chi connectivity index (χ3n) is 2.31. The Bertz CT molecular complexity index is 549. The van der Waals surface area contributed by atoms with Crippen molar-refractivity contribution in [3.63, 3.8) is 0 Å². The van der Waals surface area contributed by atoms with Gasteiger partial charge in [0.15, 0.2) is 5.78 Å². The van der Waals surface area contributed by atoms with E-state index in [1.807, 2.05) is 11.4 Å². The molecule has 1 amide bonds. The molecule has 0 aliphatic heterocycles. The van der Waals surface area contributed by atoms with Crippen molar-refractivity contribution in [3.05, 3.63) is 56.7 Å². The highest BCUT2D eigenvalue weighted by Gasteiger charge is 2.10. The molecule has 0 aliphatic carbocycles. The van der Waals surface area contributed by atoms with Gasteiger partial charge in [-0.1, -0.05) is 22.0 Å². The van der Waals surface area contributed by atoms with E-state index >= 15 is 0 Å². The van der Waals surface area contributed by atoms with Gasteiger partial charge in [-0.2, -0.15) is 0 Å². The van der Waals surface area contributed by atoms with Gasteiger partial charge in [0.2, 0.25) is 0 Å². The van der Waals surface area contributed by atoms with Crippen molar-refractivity contribution in [2.45, 2.75) is 0 Å². The van der Waals surface area contributed by atoms with Crippen molar-refractivity contribution < 1.29 is 9.59 Å². The van der Waals surface area contributed by atoms with Crippen LogP contribution in [-0.4, -0.2) is 18.2 Å². The van der Waals surface area contributed by atoms with Crippen molar-refractivity contribution in [1.82, 2.24) is 5.32 Å². The summed E-state index contributed by atoms with van der Waals surface area (Å²) in [5, 5.41) is 4.45. The van der Waals surface area contributed by atoms with Gasteiger partial charge in [-0.3, -0.25) is 9.59 Å². The topological polar surface area (TPSA) is 46.2 Å². The van der Waals surface area contributed by atoms with Crippen LogP contribution in [0, 0.1) is 0 Å². The third kappa shape index (κ3) is 3.27. The molecule has 0 atom stereocenters. The number of thiophene rings is 1. The lowest BCUT2D eigenvalue weighted by atomic mass is 10.2. The minimum absolute atomic E-state index is 0.0232. The smallest absolute Gasteiger partial charge is 0.251 e. The molecule has 2 rings (SSSR count). The van der Waals surface area contributed by atoms with E-state index in [-0.39, 0.29) is 18.2 Å². The highest BCUT2D eigenvalue weighted by molar-refractivity contribution is 9.10. The second-order valence-corrected chi connectivity index (χ2v) is 5.45. The second-order valence-electron chi connectivity index (χ2n) is 3.59. The molecule has 0 radical (unpaired) electrons. The fourth-order valence-corrected chi connectivity index (χ4v) is 2.32. The third-order valence-corrected chi connectivity index (χ3v) is 3.75. The van der Waals surface area contributed by atoms with Crippen molar-refractivity contribution in [1.29, 1.82) is 0 Å². The van der Waals surface area contributed by atoms with Crippen LogP contribution in [0.1, 0.15) is 20.0 Å². The molecule has 0 fully saturated rings. The van der Waals surface area contributed by atoms with E-state index < -0.39 is 0 Å². The average Bonchev–Trinajstić information content (AvgIpc) is 2.90. The van der Waals surface area contributed by atoms with Gasteiger partial charge in [-0.05, 0) is 35.7 Å². The van der Waals surface area contributed by atoms with Crippen LogP contribution >= 0.6 is 27.3 Å². The zero-order valence-corrected chi connectivity index (χ0v) is 11.8. The molecule has 18 heavy (non-hydrogen) atoms. The molecule has 0 saturated heterocycles. The van der Waals surface area contributed by atoms with Crippen LogP contribution < -0.4 is 5.32 Å². The molecular formula is C13H10BrNO2S. The molecular weight excluding hydrogens is 314 g/mol. The second kappa shape index (κ2) is 5.93. The van der Waals surface area contributed by atoms with Gasteiger partial charge in [0, 0.05) is 10.0 Å². The van der Waals surface area contributed by atoms with Crippen LogP contribution in [0.25, 0.3) is 0 Å². The van der Waals surface area contributed by atoms with Gasteiger partial charge in [0.05, 0.1) is 11.4 Å². The van der Waals surface area contributed by atoms with E-state index in [4.69, 9.17) is 0 Å². The maximum Gasteiger partial charge on any atom is 0.251 e. The lowest BCUT2D eigenvalue weighted by Crippen LogP contribution is -2.29. The van der Waals surface area contributed by atoms with Crippen LogP contribution in [-0.2, 0) is 0 Å². The van der Waals surface area contributed by atoms with Crippen LogP contribution in [0.2, 0.25) is 0 Å². The lowest BCUT2D eigenvalue weighted by Gasteiger charge is -2.03. The number of benzene rings is 1. The normalized spacial score (nSPS) is 10.1. The Labute approximate surface area is 117 Å². The van der Waals surface area contributed by atoms with E-state index in [2.05, 4.69) is 21.2 Å². The number of Topliss-reactive ketones (excluding diaryl/α,β-unsaturated/α-hetero) is 1. The molecule has 0 unspecified atom stereocenters. The van der Waals surface area contributed by atoms with E-state index in [0.717, 1.165) is 4.47 Å². The molecule has 0 aliphatic rings. The Kier molecular flexibility index (Phi) is 4.28. The summed E-state index contributed by atoms with van der Waals surface area (Å²) >= 11 is 4.67. The maximum atomic E-state index is 11.8. The molecule has 1 aromatic carbocycles. The molecule has 0 saturated carbocycles. The molecule has 1 heterocycles. The zero-order chi connectivity index (χ0) is 13.0. The average molecular weight is 324 g/mol. The first-order valence-corrected chi connectivity index (χ1v) is 6.94. The highest BCUT2D eigenvalue weighted by atomic mass is 79.9. The highest BCUT2D eigenvalue weighted by Crippen LogP contribution is 2.11. The minimum atomic E-state index is -0.243. The van der Waals surface area contributed by atoms with E-state index in [1.54, 1.807) is 30.3 Å². The Hall–Kier alpha value is -1.46. The van der Waals surface area contributed by atoms with Gasteiger partial charge >= 0.3 is 0 Å². The standard InChI is InChI=1S/C13H10BrNO2S/c14-10-5-3-9(4-6-10)13(17)15-8-11(16)12-2-1-7-18-12/h1-7H,8H2,(H,15,17). The van der Waals surface area contributed by atoms with Gasteiger partial charge in [-0.15, -0.1) is 11.3 Å². The predicted molar refractivity (Wildman–Crippen MR) is 75.1 cm³/mol. The van der Waals surface area contributed by atoms with Crippen molar-refractivity contribution in [3.8, 4) is 0 Å². The van der Waals surface area contributed by atoms with Crippen molar-refractivity contribution >= 4 is 39.0 Å². The van der Waals surface area contributed by atoms with Gasteiger partial charge in [-0.25, -0.2) is 0 Å². The fraction of sp³-hybridized carbons (Fsp3) is 0.0769. The Balaban J connectivity index is 1.92. The number of rotatable bonds is 4. The van der Waals surface area contributed by atoms with E-state index in [0.29, 0.717) is 10.4 Å². The summed E-state index contributed by atoms with van der Waals surface area (Å²) in [5.74, 6) is -0.317. The first kappa shape index (κ1) is 13.0. The van der Waals surface area contributed by atoms with Crippen LogP contribution in [0.3, 0.4) is 0 Å². The summed E-state index contributed by atoms with van der Waals surface area (Å²) in [6.45, 7) is 0.0232. The Morgan fingerprint density at radius 2 is 1.89 bits per heavy atom. The van der Waals surface area contributed by atoms with Crippen LogP contribution in [0.5, 0.6) is 0 Å². The summed E-state index contributed by atoms with van der Waals surface area (Å²) in [7, 11) is 0. The summed E-state index contributed by atoms with van der Waals surface area (Å²) in [4.78, 5) is 24.1. The van der Waals surface area contributed by atoms with Gasteiger partial charge < -0.3 is 5.32 Å². The number of amides is 1. The first-order chi connectivity index (χ1) is 8.66. The number of carbonyl (C=O) groups is 2. The fourth-order valence-electron chi connectivity index (χ4n) is 1.39. The zero-order valence-electron chi connectivity index (χ0n) is 9.35. The molecule has 92 valence electrons. The molecule has 0 spiro atoms. The molecule has 5 heteroatoms. The molecule has 2 aromatic rings. The number of carbonyl (C=O) groups excluding carboxylic acids is 2. The molecule has 0 bridgehead atoms. The molecule has 1 aromatic heterocycles. The Morgan fingerprint density at radius 3 is 2.50 bits per heavy atom. The predicted octanol–water partition coefficient (Wildman–Crippen LogP) is 3.12. The Morgan fingerprint density at radius 1 is 1.17 bits per heavy atom. The lowest BCUT2D eigenvalue weighted by molar-refractivity contribution is 0.0905. The largest absolute Gasteiger partial charge is 0.345 e. The number of halogens is 1. The summed E-state index contributed by atoms with van der Waals surface area (Å²) in [5.41, 5.74) is 0.539. The first-order valence-electron chi connectivity index (χ1n) is 5.27. The number of hydrogen-bond donors (Lipinski definition) is 1. The number of hydrogen-bond acceptors (Lipinski definition) is 3. The number of ketones is 1. The van der Waals surface area contributed by atoms with E-state index in [9.17, 15) is 9.59 Å². The maximum absolute atomic E-state index is 11.8. The van der Waals surface area contributed by atoms with Crippen molar-refractivity contribution in [2.75, 3.05) is 6.54 Å². The van der Waals surface area contributed by atoms with Crippen LogP contribution in [0.15, 0.2) is 46.3 Å². The molecule has 3 nitrogen and oxygen atoms in total. The van der Waals surface area contributed by atoms with Crippen molar-refractivity contribution in [2.24, 2.45) is 0 Å². The van der Waals surface area contributed by atoms with Gasteiger partial charge in [0.25, 0.3) is 5.91 Å².